The zero-order chi connectivity index (χ0) is 27.0. The van der Waals surface area contributed by atoms with E-state index in [2.05, 4.69) is 5.32 Å². The van der Waals surface area contributed by atoms with Gasteiger partial charge in [-0.05, 0) is 54.7 Å². The molecule has 0 saturated carbocycles. The molecule has 0 aliphatic heterocycles. The number of benzene rings is 2. The van der Waals surface area contributed by atoms with Gasteiger partial charge < -0.3 is 15.0 Å². The van der Waals surface area contributed by atoms with Gasteiger partial charge in [0.05, 0.1) is 19.1 Å². The molecule has 0 radical (unpaired) electrons. The number of nitrogens with one attached hydrogen (secondary N) is 1. The van der Waals surface area contributed by atoms with E-state index >= 15 is 0 Å². The summed E-state index contributed by atoms with van der Waals surface area (Å²) in [6.45, 7) is 7.41. The van der Waals surface area contributed by atoms with Gasteiger partial charge in [0.2, 0.25) is 21.8 Å². The molecule has 0 aliphatic rings. The van der Waals surface area contributed by atoms with E-state index in [1.54, 1.807) is 32.0 Å². The Morgan fingerprint density at radius 3 is 2.28 bits per heavy atom. The Balaban J connectivity index is 2.48. The van der Waals surface area contributed by atoms with Crippen molar-refractivity contribution < 1.29 is 27.1 Å². The van der Waals surface area contributed by atoms with Gasteiger partial charge >= 0.3 is 0 Å². The van der Waals surface area contributed by atoms with Crippen molar-refractivity contribution in [3.05, 3.63) is 59.4 Å². The summed E-state index contributed by atoms with van der Waals surface area (Å²) in [5.74, 6) is -0.818. The highest BCUT2D eigenvalue weighted by Crippen LogP contribution is 2.31. The summed E-state index contributed by atoms with van der Waals surface area (Å²) in [7, 11) is -2.47. The number of sulfonamides is 1. The standard InChI is InChI=1S/C26H36FN3O5S/c1-7-22(26(32)28-15-18(2)3)29(16-20-9-11-21(27)12-10-20)25(31)17-30(36(6,33)34)23-14-19(4)8-13-24(23)35-5/h8-14,18,22H,7,15-17H2,1-6H3,(H,28,32)/t22-/m1/s1. The van der Waals surface area contributed by atoms with Crippen LogP contribution in [-0.2, 0) is 26.2 Å². The second-order valence-corrected chi connectivity index (χ2v) is 11.1. The number of carbonyl (C=O) groups is 2. The van der Waals surface area contributed by atoms with Crippen LogP contribution in [0.4, 0.5) is 10.1 Å². The Bertz CT molecular complexity index is 1150. The maximum atomic E-state index is 13.7. The number of anilines is 1. The van der Waals surface area contributed by atoms with Gasteiger partial charge in [0.15, 0.2) is 0 Å². The molecule has 36 heavy (non-hydrogen) atoms. The van der Waals surface area contributed by atoms with E-state index in [1.807, 2.05) is 13.8 Å². The van der Waals surface area contributed by atoms with Gasteiger partial charge in [0.1, 0.15) is 24.2 Å². The van der Waals surface area contributed by atoms with Gasteiger partial charge in [-0.15, -0.1) is 0 Å². The van der Waals surface area contributed by atoms with Gasteiger partial charge in [-0.2, -0.15) is 0 Å². The molecule has 2 amide bonds. The van der Waals surface area contributed by atoms with Crippen LogP contribution in [0.1, 0.15) is 38.3 Å². The molecule has 0 bridgehead atoms. The fourth-order valence-electron chi connectivity index (χ4n) is 3.72. The molecule has 2 aromatic rings. The minimum atomic E-state index is -3.89. The Hall–Kier alpha value is -3.14. The van der Waals surface area contributed by atoms with Gasteiger partial charge in [-0.3, -0.25) is 13.9 Å². The first-order chi connectivity index (χ1) is 16.9. The number of nitrogens with zero attached hydrogens (tertiary/aromatic N) is 2. The lowest BCUT2D eigenvalue weighted by Gasteiger charge is -2.33. The smallest absolute Gasteiger partial charge is 0.244 e. The van der Waals surface area contributed by atoms with Crippen molar-refractivity contribution in [1.29, 1.82) is 0 Å². The third-order valence-corrected chi connectivity index (χ3v) is 6.75. The molecule has 0 heterocycles. The summed E-state index contributed by atoms with van der Waals surface area (Å²) in [5.41, 5.74) is 1.63. The molecular weight excluding hydrogens is 485 g/mol. The predicted octanol–water partition coefficient (Wildman–Crippen LogP) is 3.49. The number of halogens is 1. The number of hydrogen-bond acceptors (Lipinski definition) is 5. The third kappa shape index (κ3) is 7.94. The summed E-state index contributed by atoms with van der Waals surface area (Å²) in [4.78, 5) is 28.1. The van der Waals surface area contributed by atoms with E-state index < -0.39 is 34.3 Å². The van der Waals surface area contributed by atoms with Gasteiger partial charge in [0.25, 0.3) is 0 Å². The normalized spacial score (nSPS) is 12.2. The molecule has 0 spiro atoms. The number of aryl methyl sites for hydroxylation is 1. The minimum Gasteiger partial charge on any atom is -0.495 e. The topological polar surface area (TPSA) is 96.0 Å². The fourth-order valence-corrected chi connectivity index (χ4v) is 4.56. The average molecular weight is 522 g/mol. The van der Waals surface area contributed by atoms with E-state index in [0.717, 1.165) is 16.1 Å². The maximum absolute atomic E-state index is 13.7. The van der Waals surface area contributed by atoms with Crippen LogP contribution in [0.3, 0.4) is 0 Å². The van der Waals surface area contributed by atoms with Crippen LogP contribution in [-0.4, -0.2) is 57.6 Å². The van der Waals surface area contributed by atoms with Crippen LogP contribution in [0.25, 0.3) is 0 Å². The molecule has 0 aliphatic carbocycles. The van der Waals surface area contributed by atoms with E-state index in [1.165, 1.54) is 36.3 Å². The van der Waals surface area contributed by atoms with Crippen molar-refractivity contribution in [3.8, 4) is 5.75 Å². The zero-order valence-corrected chi connectivity index (χ0v) is 22.6. The first-order valence-corrected chi connectivity index (χ1v) is 13.7. The van der Waals surface area contributed by atoms with Gasteiger partial charge in [-0.25, -0.2) is 12.8 Å². The van der Waals surface area contributed by atoms with Crippen molar-refractivity contribution in [1.82, 2.24) is 10.2 Å². The SMILES string of the molecule is CC[C@H](C(=O)NCC(C)C)N(Cc1ccc(F)cc1)C(=O)CN(c1cc(C)ccc1OC)S(C)(=O)=O. The number of rotatable bonds is 12. The van der Waals surface area contributed by atoms with Crippen molar-refractivity contribution in [2.24, 2.45) is 5.92 Å². The van der Waals surface area contributed by atoms with Crippen LogP contribution < -0.4 is 14.4 Å². The van der Waals surface area contributed by atoms with Crippen molar-refractivity contribution in [2.45, 2.75) is 46.7 Å². The molecule has 0 unspecified atom stereocenters. The minimum absolute atomic E-state index is 0.00920. The van der Waals surface area contributed by atoms with Crippen molar-refractivity contribution in [2.75, 3.05) is 30.8 Å². The highest BCUT2D eigenvalue weighted by molar-refractivity contribution is 7.92. The lowest BCUT2D eigenvalue weighted by Crippen LogP contribution is -2.52. The van der Waals surface area contributed by atoms with Crippen LogP contribution in [0.15, 0.2) is 42.5 Å². The summed E-state index contributed by atoms with van der Waals surface area (Å²) >= 11 is 0. The Kier molecular flexibility index (Phi) is 10.3. The zero-order valence-electron chi connectivity index (χ0n) is 21.7. The van der Waals surface area contributed by atoms with Gasteiger partial charge in [-0.1, -0.05) is 39.0 Å². The third-order valence-electron chi connectivity index (χ3n) is 5.62. The Labute approximate surface area is 213 Å². The highest BCUT2D eigenvalue weighted by Gasteiger charge is 2.32. The summed E-state index contributed by atoms with van der Waals surface area (Å²) < 4.78 is 45.4. The Morgan fingerprint density at radius 2 is 1.75 bits per heavy atom. The summed E-state index contributed by atoms with van der Waals surface area (Å²) in [5, 5.41) is 2.86. The maximum Gasteiger partial charge on any atom is 0.244 e. The van der Waals surface area contributed by atoms with Crippen LogP contribution in [0, 0.1) is 18.7 Å². The number of carbonyl (C=O) groups excluding carboxylic acids is 2. The first kappa shape index (κ1) is 29.1. The second-order valence-electron chi connectivity index (χ2n) is 9.16. The lowest BCUT2D eigenvalue weighted by molar-refractivity contribution is -0.140. The van der Waals surface area contributed by atoms with E-state index in [9.17, 15) is 22.4 Å². The van der Waals surface area contributed by atoms with E-state index in [0.29, 0.717) is 24.3 Å². The van der Waals surface area contributed by atoms with E-state index in [4.69, 9.17) is 4.74 Å². The number of hydrogen-bond donors (Lipinski definition) is 1. The highest BCUT2D eigenvalue weighted by atomic mass is 32.2. The monoisotopic (exact) mass is 521 g/mol. The molecular formula is C26H36FN3O5S. The van der Waals surface area contributed by atoms with Crippen LogP contribution in [0.2, 0.25) is 0 Å². The number of methoxy groups -OCH3 is 1. The average Bonchev–Trinajstić information content (AvgIpc) is 2.81. The molecule has 198 valence electrons. The molecule has 0 saturated heterocycles. The molecule has 2 rings (SSSR count). The summed E-state index contributed by atoms with van der Waals surface area (Å²) in [6, 6.07) is 9.82. The number of ether oxygens (including phenoxy) is 1. The molecule has 1 atom stereocenters. The van der Waals surface area contributed by atoms with Crippen molar-refractivity contribution >= 4 is 27.5 Å². The fraction of sp³-hybridized carbons (Fsp3) is 0.462. The van der Waals surface area contributed by atoms with Crippen LogP contribution in [0.5, 0.6) is 5.75 Å². The molecule has 1 N–H and O–H groups in total. The predicted molar refractivity (Wildman–Crippen MR) is 139 cm³/mol. The molecule has 2 aromatic carbocycles. The summed E-state index contributed by atoms with van der Waals surface area (Å²) in [6.07, 6.45) is 1.32. The largest absolute Gasteiger partial charge is 0.495 e. The molecule has 8 nitrogen and oxygen atoms in total. The second kappa shape index (κ2) is 12.7. The first-order valence-electron chi connectivity index (χ1n) is 11.8. The van der Waals surface area contributed by atoms with Gasteiger partial charge in [0, 0.05) is 13.1 Å². The molecule has 0 fully saturated rings. The quantitative estimate of drug-likeness (QED) is 0.461. The Morgan fingerprint density at radius 1 is 1.11 bits per heavy atom. The van der Waals surface area contributed by atoms with E-state index in [-0.39, 0.29) is 24.1 Å². The van der Waals surface area contributed by atoms with Crippen molar-refractivity contribution in [3.63, 3.8) is 0 Å². The lowest BCUT2D eigenvalue weighted by atomic mass is 10.1. The molecule has 0 aromatic heterocycles. The number of amides is 2. The molecule has 10 heteroatoms. The van der Waals surface area contributed by atoms with Crippen LogP contribution >= 0.6 is 0 Å².